The number of hydrogen-bond donors (Lipinski definition) is 2. The number of nitrogens with one attached hydrogen (secondary N) is 1. The van der Waals surface area contributed by atoms with E-state index in [2.05, 4.69) is 4.72 Å². The van der Waals surface area contributed by atoms with Crippen LogP contribution in [0.3, 0.4) is 0 Å². The van der Waals surface area contributed by atoms with Crippen LogP contribution in [0, 0.1) is 0 Å². The van der Waals surface area contributed by atoms with E-state index in [1.807, 2.05) is 0 Å². The maximum absolute atomic E-state index is 11.8. The molecule has 2 rings (SSSR count). The Morgan fingerprint density at radius 3 is 2.53 bits per heavy atom. The Balaban J connectivity index is 2.33. The predicted octanol–water partition coefficient (Wildman–Crippen LogP) is 1.48. The average molecular weight is 276 g/mol. The summed E-state index contributed by atoms with van der Waals surface area (Å²) in [6.45, 7) is 0. The van der Waals surface area contributed by atoms with Crippen molar-refractivity contribution in [3.63, 3.8) is 0 Å². The third-order valence-corrected chi connectivity index (χ3v) is 4.21. The molecule has 1 aliphatic rings. The number of aromatic carboxylic acids is 1. The smallest absolute Gasteiger partial charge is 0.337 e. The van der Waals surface area contributed by atoms with Gasteiger partial charge >= 0.3 is 5.97 Å². The summed E-state index contributed by atoms with van der Waals surface area (Å²) in [6.07, 6.45) is 1.67. The van der Waals surface area contributed by atoms with Gasteiger partial charge in [0, 0.05) is 6.04 Å². The largest absolute Gasteiger partial charge is 0.478 e. The van der Waals surface area contributed by atoms with Gasteiger partial charge in [-0.1, -0.05) is 11.6 Å². The number of halogens is 1. The van der Waals surface area contributed by atoms with Crippen LogP contribution in [0.25, 0.3) is 0 Å². The van der Waals surface area contributed by atoms with Crippen LogP contribution in [0.1, 0.15) is 23.2 Å². The third kappa shape index (κ3) is 2.77. The molecule has 92 valence electrons. The van der Waals surface area contributed by atoms with E-state index in [0.29, 0.717) is 0 Å². The van der Waals surface area contributed by atoms with E-state index in [0.717, 1.165) is 18.9 Å². The molecule has 0 aliphatic heterocycles. The lowest BCUT2D eigenvalue weighted by molar-refractivity contribution is 0.0697. The minimum atomic E-state index is -3.59. The van der Waals surface area contributed by atoms with Crippen molar-refractivity contribution in [2.75, 3.05) is 0 Å². The minimum absolute atomic E-state index is 0.00192. The van der Waals surface area contributed by atoms with Gasteiger partial charge in [-0.2, -0.15) is 0 Å². The van der Waals surface area contributed by atoms with E-state index in [-0.39, 0.29) is 21.5 Å². The minimum Gasteiger partial charge on any atom is -0.478 e. The van der Waals surface area contributed by atoms with Gasteiger partial charge in [0.15, 0.2) is 0 Å². The number of sulfonamides is 1. The number of rotatable bonds is 4. The third-order valence-electron chi connectivity index (χ3n) is 2.38. The maximum Gasteiger partial charge on any atom is 0.337 e. The van der Waals surface area contributed by atoms with Crippen molar-refractivity contribution in [3.05, 3.63) is 28.8 Å². The highest BCUT2D eigenvalue weighted by molar-refractivity contribution is 7.89. The molecule has 5 nitrogen and oxygen atoms in total. The molecule has 0 radical (unpaired) electrons. The number of carboxylic acid groups (broad SMARTS) is 1. The molecule has 1 aliphatic carbocycles. The molecular weight excluding hydrogens is 266 g/mol. The number of hydrogen-bond acceptors (Lipinski definition) is 3. The molecule has 0 saturated heterocycles. The average Bonchev–Trinajstić information content (AvgIpc) is 3.00. The number of carbonyl (C=O) groups is 1. The van der Waals surface area contributed by atoms with E-state index in [4.69, 9.17) is 16.7 Å². The Morgan fingerprint density at radius 2 is 2.06 bits per heavy atom. The van der Waals surface area contributed by atoms with Crippen molar-refractivity contribution in [2.45, 2.75) is 23.8 Å². The maximum atomic E-state index is 11.8. The summed E-state index contributed by atoms with van der Waals surface area (Å²) in [5.41, 5.74) is -0.114. The topological polar surface area (TPSA) is 83.5 Å². The van der Waals surface area contributed by atoms with Gasteiger partial charge < -0.3 is 5.11 Å². The first-order chi connectivity index (χ1) is 7.90. The molecule has 0 aromatic heterocycles. The Bertz CT molecular complexity index is 566. The summed E-state index contributed by atoms with van der Waals surface area (Å²) in [5.74, 6) is -1.19. The molecule has 1 aromatic rings. The van der Waals surface area contributed by atoms with Crippen molar-refractivity contribution in [2.24, 2.45) is 0 Å². The Morgan fingerprint density at radius 1 is 1.41 bits per heavy atom. The van der Waals surface area contributed by atoms with Crippen molar-refractivity contribution >= 4 is 27.6 Å². The second-order valence-electron chi connectivity index (χ2n) is 3.84. The summed E-state index contributed by atoms with van der Waals surface area (Å²) >= 11 is 5.71. The SMILES string of the molecule is O=C(O)c1ccc(S(=O)(=O)NC2CC2)cc1Cl. The highest BCUT2D eigenvalue weighted by Crippen LogP contribution is 2.24. The molecule has 0 bridgehead atoms. The number of benzene rings is 1. The molecule has 0 atom stereocenters. The Kier molecular flexibility index (Phi) is 3.11. The van der Waals surface area contributed by atoms with Crippen molar-refractivity contribution in [3.8, 4) is 0 Å². The predicted molar refractivity (Wildman–Crippen MR) is 61.8 cm³/mol. The first-order valence-electron chi connectivity index (χ1n) is 4.95. The van der Waals surface area contributed by atoms with Crippen molar-refractivity contribution < 1.29 is 18.3 Å². The Labute approximate surface area is 103 Å². The quantitative estimate of drug-likeness (QED) is 0.872. The molecule has 1 fully saturated rings. The fraction of sp³-hybridized carbons (Fsp3) is 0.300. The van der Waals surface area contributed by atoms with Gasteiger partial charge in [-0.05, 0) is 31.0 Å². The van der Waals surface area contributed by atoms with Crippen LogP contribution >= 0.6 is 11.6 Å². The second kappa shape index (κ2) is 4.29. The molecule has 1 saturated carbocycles. The second-order valence-corrected chi connectivity index (χ2v) is 5.96. The van der Waals surface area contributed by atoms with Gasteiger partial charge in [-0.25, -0.2) is 17.9 Å². The van der Waals surface area contributed by atoms with Crippen LogP contribution in [0.4, 0.5) is 0 Å². The monoisotopic (exact) mass is 275 g/mol. The van der Waals surface area contributed by atoms with Crippen LogP contribution in [-0.4, -0.2) is 25.5 Å². The summed E-state index contributed by atoms with van der Waals surface area (Å²) in [6, 6.07) is 3.57. The zero-order chi connectivity index (χ0) is 12.6. The molecule has 0 heterocycles. The van der Waals surface area contributed by atoms with Crippen molar-refractivity contribution in [1.29, 1.82) is 0 Å². The standard InChI is InChI=1S/C10H10ClNO4S/c11-9-5-7(3-4-8(9)10(13)14)17(15,16)12-6-1-2-6/h3-6,12H,1-2H2,(H,13,14). The molecule has 0 spiro atoms. The lowest BCUT2D eigenvalue weighted by Crippen LogP contribution is -2.25. The highest BCUT2D eigenvalue weighted by atomic mass is 35.5. The van der Waals surface area contributed by atoms with Gasteiger partial charge in [0.05, 0.1) is 15.5 Å². The van der Waals surface area contributed by atoms with Gasteiger partial charge in [0.2, 0.25) is 10.0 Å². The van der Waals surface area contributed by atoms with Gasteiger partial charge in [0.25, 0.3) is 0 Å². The molecular formula is C10H10ClNO4S. The zero-order valence-electron chi connectivity index (χ0n) is 8.68. The zero-order valence-corrected chi connectivity index (χ0v) is 10.3. The van der Waals surface area contributed by atoms with Crippen LogP contribution in [0.2, 0.25) is 5.02 Å². The molecule has 2 N–H and O–H groups in total. The highest BCUT2D eigenvalue weighted by Gasteiger charge is 2.28. The normalized spacial score (nSPS) is 15.8. The van der Waals surface area contributed by atoms with Crippen LogP contribution in [0.15, 0.2) is 23.1 Å². The van der Waals surface area contributed by atoms with Gasteiger partial charge in [-0.15, -0.1) is 0 Å². The van der Waals surface area contributed by atoms with E-state index in [9.17, 15) is 13.2 Å². The molecule has 0 unspecified atom stereocenters. The summed E-state index contributed by atoms with van der Waals surface area (Å²) in [7, 11) is -3.59. The lowest BCUT2D eigenvalue weighted by Gasteiger charge is -2.06. The first-order valence-corrected chi connectivity index (χ1v) is 6.81. The summed E-state index contributed by atoms with van der Waals surface area (Å²) in [5, 5.41) is 8.68. The molecule has 17 heavy (non-hydrogen) atoms. The van der Waals surface area contributed by atoms with Gasteiger partial charge in [0.1, 0.15) is 0 Å². The van der Waals surface area contributed by atoms with E-state index < -0.39 is 16.0 Å². The van der Waals surface area contributed by atoms with Crippen LogP contribution in [-0.2, 0) is 10.0 Å². The molecule has 7 heteroatoms. The van der Waals surface area contributed by atoms with E-state index in [1.54, 1.807) is 0 Å². The fourth-order valence-corrected chi connectivity index (χ4v) is 2.98. The van der Waals surface area contributed by atoms with Crippen molar-refractivity contribution in [1.82, 2.24) is 4.72 Å². The first kappa shape index (κ1) is 12.3. The number of carboxylic acids is 1. The molecule has 1 aromatic carbocycles. The summed E-state index contributed by atoms with van der Waals surface area (Å²) in [4.78, 5) is 10.7. The van der Waals surface area contributed by atoms with Gasteiger partial charge in [-0.3, -0.25) is 0 Å². The van der Waals surface area contributed by atoms with E-state index >= 15 is 0 Å². The van der Waals surface area contributed by atoms with Crippen LogP contribution < -0.4 is 4.72 Å². The van der Waals surface area contributed by atoms with E-state index in [1.165, 1.54) is 12.1 Å². The molecule has 0 amide bonds. The summed E-state index contributed by atoms with van der Waals surface area (Å²) < 4.78 is 26.1. The lowest BCUT2D eigenvalue weighted by atomic mass is 10.2. The fourth-order valence-electron chi connectivity index (χ4n) is 1.33. The Hall–Kier alpha value is -1.11. The van der Waals surface area contributed by atoms with Crippen LogP contribution in [0.5, 0.6) is 0 Å².